The van der Waals surface area contributed by atoms with Crippen LogP contribution in [0.25, 0.3) is 0 Å². The molecule has 0 bridgehead atoms. The van der Waals surface area contributed by atoms with Gasteiger partial charge in [-0.2, -0.15) is 5.26 Å². The molecular weight excluding hydrogens is 304 g/mol. The Kier molecular flexibility index (Phi) is 5.53. The summed E-state index contributed by atoms with van der Waals surface area (Å²) in [5, 5.41) is 11.9. The Morgan fingerprint density at radius 3 is 2.83 bits per heavy atom. The molecule has 0 aliphatic carbocycles. The number of rotatable bonds is 6. The van der Waals surface area contributed by atoms with Crippen molar-refractivity contribution in [3.8, 4) is 6.07 Å². The van der Waals surface area contributed by atoms with E-state index in [0.29, 0.717) is 18.9 Å². The van der Waals surface area contributed by atoms with Crippen molar-refractivity contribution in [2.75, 3.05) is 43.1 Å². The number of nitrogens with one attached hydrogen (secondary N) is 1. The van der Waals surface area contributed by atoms with Crippen molar-refractivity contribution in [2.45, 2.75) is 12.8 Å². The molecule has 124 valence electrons. The van der Waals surface area contributed by atoms with Gasteiger partial charge in [0.25, 0.3) is 0 Å². The molecule has 3 heterocycles. The Morgan fingerprint density at radius 1 is 1.21 bits per heavy atom. The summed E-state index contributed by atoms with van der Waals surface area (Å²) < 4.78 is 5.36. The lowest BCUT2D eigenvalue weighted by molar-refractivity contribution is 0.122. The lowest BCUT2D eigenvalue weighted by Crippen LogP contribution is -2.36. The first-order valence-corrected chi connectivity index (χ1v) is 8.05. The van der Waals surface area contributed by atoms with E-state index in [-0.39, 0.29) is 0 Å². The van der Waals surface area contributed by atoms with Gasteiger partial charge in [-0.15, -0.1) is 0 Å². The van der Waals surface area contributed by atoms with Gasteiger partial charge in [-0.25, -0.2) is 15.0 Å². The number of aromatic nitrogens is 3. The highest BCUT2D eigenvalue weighted by Crippen LogP contribution is 2.13. The van der Waals surface area contributed by atoms with Crippen LogP contribution in [0.3, 0.4) is 0 Å². The van der Waals surface area contributed by atoms with Gasteiger partial charge in [-0.05, 0) is 24.1 Å². The van der Waals surface area contributed by atoms with Gasteiger partial charge < -0.3 is 15.0 Å². The first kappa shape index (κ1) is 16.1. The topological polar surface area (TPSA) is 87.0 Å². The number of pyridine rings is 1. The average molecular weight is 324 g/mol. The van der Waals surface area contributed by atoms with Crippen molar-refractivity contribution in [3.05, 3.63) is 41.9 Å². The zero-order chi connectivity index (χ0) is 16.6. The van der Waals surface area contributed by atoms with E-state index < -0.39 is 0 Å². The molecule has 0 saturated carbocycles. The Balaban J connectivity index is 1.50. The van der Waals surface area contributed by atoms with Crippen LogP contribution >= 0.6 is 0 Å². The highest BCUT2D eigenvalue weighted by Gasteiger charge is 2.11. The van der Waals surface area contributed by atoms with Gasteiger partial charge in [0.05, 0.1) is 31.4 Å². The minimum atomic E-state index is 0.296. The van der Waals surface area contributed by atoms with E-state index in [2.05, 4.69) is 43.4 Å². The zero-order valence-corrected chi connectivity index (χ0v) is 13.5. The fourth-order valence-electron chi connectivity index (χ4n) is 2.52. The van der Waals surface area contributed by atoms with Gasteiger partial charge in [0.1, 0.15) is 5.82 Å². The van der Waals surface area contributed by atoms with Crippen molar-refractivity contribution in [2.24, 2.45) is 0 Å². The van der Waals surface area contributed by atoms with E-state index in [0.717, 1.165) is 49.8 Å². The smallest absolute Gasteiger partial charge is 0.222 e. The highest BCUT2D eigenvalue weighted by molar-refractivity contribution is 5.39. The summed E-state index contributed by atoms with van der Waals surface area (Å²) in [6.45, 7) is 4.03. The van der Waals surface area contributed by atoms with Crippen molar-refractivity contribution in [1.82, 2.24) is 15.0 Å². The van der Waals surface area contributed by atoms with Crippen molar-refractivity contribution < 1.29 is 4.74 Å². The van der Waals surface area contributed by atoms with Crippen molar-refractivity contribution in [1.29, 1.82) is 5.26 Å². The van der Waals surface area contributed by atoms with Crippen LogP contribution in [-0.2, 0) is 17.6 Å². The van der Waals surface area contributed by atoms with Crippen LogP contribution in [0.1, 0.15) is 11.3 Å². The van der Waals surface area contributed by atoms with E-state index in [1.54, 1.807) is 12.3 Å². The van der Waals surface area contributed by atoms with E-state index in [4.69, 9.17) is 10.00 Å². The summed E-state index contributed by atoms with van der Waals surface area (Å²) in [4.78, 5) is 15.2. The Bertz CT molecular complexity index is 691. The van der Waals surface area contributed by atoms with Crippen LogP contribution in [0.15, 0.2) is 30.6 Å². The van der Waals surface area contributed by atoms with Crippen LogP contribution in [0.2, 0.25) is 0 Å². The summed E-state index contributed by atoms with van der Waals surface area (Å²) in [6.07, 6.45) is 4.71. The van der Waals surface area contributed by atoms with Crippen molar-refractivity contribution >= 4 is 11.8 Å². The molecule has 0 amide bonds. The van der Waals surface area contributed by atoms with Crippen molar-refractivity contribution in [3.63, 3.8) is 0 Å². The number of ether oxygens (including phenoxy) is 1. The number of hydrogen-bond donors (Lipinski definition) is 1. The first-order chi connectivity index (χ1) is 11.8. The molecule has 1 N–H and O–H groups in total. The molecule has 1 aliphatic rings. The molecule has 7 nitrogen and oxygen atoms in total. The van der Waals surface area contributed by atoms with Crippen LogP contribution in [-0.4, -0.2) is 47.8 Å². The molecule has 0 atom stereocenters. The molecule has 0 aromatic carbocycles. The van der Waals surface area contributed by atoms with E-state index in [1.165, 1.54) is 0 Å². The summed E-state index contributed by atoms with van der Waals surface area (Å²) >= 11 is 0. The molecule has 2 aromatic heterocycles. The minimum Gasteiger partial charge on any atom is -0.378 e. The molecule has 0 unspecified atom stereocenters. The maximum Gasteiger partial charge on any atom is 0.222 e. The summed E-state index contributed by atoms with van der Waals surface area (Å²) in [5.74, 6) is 1.56. The zero-order valence-electron chi connectivity index (χ0n) is 13.5. The molecule has 1 saturated heterocycles. The maximum absolute atomic E-state index is 8.70. The molecular formula is C17H20N6O. The van der Waals surface area contributed by atoms with Crippen LogP contribution in [0, 0.1) is 11.3 Å². The lowest BCUT2D eigenvalue weighted by atomic mass is 10.2. The fourth-order valence-corrected chi connectivity index (χ4v) is 2.52. The predicted octanol–water partition coefficient (Wildman–Crippen LogP) is 1.43. The largest absolute Gasteiger partial charge is 0.378 e. The number of nitrogens with zero attached hydrogens (tertiary/aromatic N) is 5. The standard InChI is InChI=1S/C17H20N6O/c18-6-3-15-5-8-20-17(22-15)19-7-4-14-1-2-16(21-13-14)23-9-11-24-12-10-23/h1-2,5,8,13H,3-4,7,9-12H2,(H,19,20,22). The molecule has 2 aromatic rings. The Morgan fingerprint density at radius 2 is 2.08 bits per heavy atom. The van der Waals surface area contributed by atoms with Crippen LogP contribution in [0.4, 0.5) is 11.8 Å². The highest BCUT2D eigenvalue weighted by atomic mass is 16.5. The van der Waals surface area contributed by atoms with Crippen LogP contribution in [0.5, 0.6) is 0 Å². The van der Waals surface area contributed by atoms with Gasteiger partial charge in [0.15, 0.2) is 0 Å². The van der Waals surface area contributed by atoms with E-state index in [9.17, 15) is 0 Å². The summed E-state index contributed by atoms with van der Waals surface area (Å²) in [7, 11) is 0. The molecule has 1 aliphatic heterocycles. The monoisotopic (exact) mass is 324 g/mol. The lowest BCUT2D eigenvalue weighted by Gasteiger charge is -2.27. The predicted molar refractivity (Wildman–Crippen MR) is 90.8 cm³/mol. The number of nitriles is 1. The number of morpholine rings is 1. The fraction of sp³-hybridized carbons (Fsp3) is 0.412. The van der Waals surface area contributed by atoms with Gasteiger partial charge in [-0.3, -0.25) is 0 Å². The third kappa shape index (κ3) is 4.40. The van der Waals surface area contributed by atoms with E-state index in [1.807, 2.05) is 6.20 Å². The average Bonchev–Trinajstić information content (AvgIpc) is 2.64. The quantitative estimate of drug-likeness (QED) is 0.860. The number of hydrogen-bond acceptors (Lipinski definition) is 7. The molecule has 1 fully saturated rings. The second kappa shape index (κ2) is 8.22. The minimum absolute atomic E-state index is 0.296. The van der Waals surface area contributed by atoms with Gasteiger partial charge in [-0.1, -0.05) is 6.07 Å². The van der Waals surface area contributed by atoms with Crippen LogP contribution < -0.4 is 10.2 Å². The third-order valence-corrected chi connectivity index (χ3v) is 3.81. The molecule has 0 spiro atoms. The summed E-state index contributed by atoms with van der Waals surface area (Å²) in [5.41, 5.74) is 1.89. The maximum atomic E-state index is 8.70. The van der Waals surface area contributed by atoms with Gasteiger partial charge >= 0.3 is 0 Å². The summed E-state index contributed by atoms with van der Waals surface area (Å²) in [6, 6.07) is 8.00. The SMILES string of the molecule is N#CCc1ccnc(NCCc2ccc(N3CCOCC3)nc2)n1. The van der Waals surface area contributed by atoms with Gasteiger partial charge in [0.2, 0.25) is 5.95 Å². The molecule has 0 radical (unpaired) electrons. The Hall–Kier alpha value is -2.72. The molecule has 7 heteroatoms. The molecule has 3 rings (SSSR count). The Labute approximate surface area is 141 Å². The third-order valence-electron chi connectivity index (χ3n) is 3.81. The second-order valence-corrected chi connectivity index (χ2v) is 5.51. The molecule has 24 heavy (non-hydrogen) atoms. The first-order valence-electron chi connectivity index (χ1n) is 8.05. The normalized spacial score (nSPS) is 14.2. The van der Waals surface area contributed by atoms with E-state index >= 15 is 0 Å². The van der Waals surface area contributed by atoms with Gasteiger partial charge in [0, 0.05) is 32.0 Å². The number of anilines is 2. The second-order valence-electron chi connectivity index (χ2n) is 5.51.